The van der Waals surface area contributed by atoms with Crippen LogP contribution in [0, 0.1) is 11.3 Å². The summed E-state index contributed by atoms with van der Waals surface area (Å²) in [5, 5.41) is 14.9. The van der Waals surface area contributed by atoms with Crippen molar-refractivity contribution in [2.75, 3.05) is 11.1 Å². The molecular formula is C12H13N5S. The van der Waals surface area contributed by atoms with E-state index in [2.05, 4.69) is 15.3 Å². The fourth-order valence-corrected chi connectivity index (χ4v) is 2.25. The molecule has 0 bridgehead atoms. The number of hydrogen-bond acceptors (Lipinski definition) is 6. The van der Waals surface area contributed by atoms with Gasteiger partial charge in [-0.05, 0) is 19.9 Å². The van der Waals surface area contributed by atoms with Gasteiger partial charge in [0, 0.05) is 17.8 Å². The van der Waals surface area contributed by atoms with Crippen LogP contribution in [-0.4, -0.2) is 9.97 Å². The number of nitrogens with two attached hydrogens (primary N) is 1. The topological polar surface area (TPSA) is 87.6 Å². The van der Waals surface area contributed by atoms with Crippen LogP contribution in [0.5, 0.6) is 0 Å². The molecule has 0 aliphatic heterocycles. The molecule has 0 aliphatic rings. The Morgan fingerprint density at radius 3 is 2.78 bits per heavy atom. The molecule has 0 spiro atoms. The molecule has 0 fully saturated rings. The van der Waals surface area contributed by atoms with Gasteiger partial charge in [0.1, 0.15) is 16.9 Å². The maximum absolute atomic E-state index is 8.76. The van der Waals surface area contributed by atoms with E-state index in [-0.39, 0.29) is 5.54 Å². The van der Waals surface area contributed by atoms with Crippen LogP contribution in [0.1, 0.15) is 24.4 Å². The largest absolute Gasteiger partial charge is 0.396 e. The Morgan fingerprint density at radius 1 is 1.44 bits per heavy atom. The first kappa shape index (κ1) is 12.3. The molecule has 92 valence electrons. The molecule has 0 atom stereocenters. The predicted octanol–water partition coefficient (Wildman–Crippen LogP) is 2.34. The molecule has 18 heavy (non-hydrogen) atoms. The average molecular weight is 259 g/mol. The molecule has 2 rings (SSSR count). The van der Waals surface area contributed by atoms with E-state index in [4.69, 9.17) is 11.0 Å². The second-order valence-corrected chi connectivity index (χ2v) is 5.26. The summed E-state index contributed by atoms with van der Waals surface area (Å²) >= 11 is 1.57. The Hall–Kier alpha value is -2.13. The first-order chi connectivity index (χ1) is 8.53. The molecule has 0 unspecified atom stereocenters. The van der Waals surface area contributed by atoms with Crippen LogP contribution >= 0.6 is 11.3 Å². The van der Waals surface area contributed by atoms with E-state index in [1.807, 2.05) is 25.3 Å². The van der Waals surface area contributed by atoms with Crippen molar-refractivity contribution in [2.24, 2.45) is 0 Å². The summed E-state index contributed by atoms with van der Waals surface area (Å²) in [6.45, 7) is 4.01. The SMILES string of the molecule is CC(C)(Nc1ncc(C#N)cc1N)c1nccs1. The smallest absolute Gasteiger partial charge is 0.150 e. The normalized spacial score (nSPS) is 10.9. The van der Waals surface area contributed by atoms with Crippen molar-refractivity contribution in [3.8, 4) is 6.07 Å². The van der Waals surface area contributed by atoms with Crippen LogP contribution in [-0.2, 0) is 5.54 Å². The number of thiazole rings is 1. The van der Waals surface area contributed by atoms with Gasteiger partial charge in [0.2, 0.25) is 0 Å². The molecule has 6 heteroatoms. The fourth-order valence-electron chi connectivity index (χ4n) is 1.53. The van der Waals surface area contributed by atoms with Gasteiger partial charge in [0.15, 0.2) is 0 Å². The second-order valence-electron chi connectivity index (χ2n) is 4.36. The number of nitrogens with zero attached hydrogens (tertiary/aromatic N) is 3. The van der Waals surface area contributed by atoms with Crippen molar-refractivity contribution >= 4 is 22.8 Å². The molecule has 3 N–H and O–H groups in total. The van der Waals surface area contributed by atoms with Crippen LogP contribution in [0.4, 0.5) is 11.5 Å². The fraction of sp³-hybridized carbons (Fsp3) is 0.250. The Morgan fingerprint density at radius 2 is 2.22 bits per heavy atom. The lowest BCUT2D eigenvalue weighted by Gasteiger charge is -2.25. The average Bonchev–Trinajstić information content (AvgIpc) is 2.86. The van der Waals surface area contributed by atoms with Crippen molar-refractivity contribution in [1.29, 1.82) is 5.26 Å². The van der Waals surface area contributed by atoms with Gasteiger partial charge in [-0.2, -0.15) is 5.26 Å². The third-order valence-corrected chi connectivity index (χ3v) is 3.54. The van der Waals surface area contributed by atoms with E-state index in [1.54, 1.807) is 23.6 Å². The van der Waals surface area contributed by atoms with Gasteiger partial charge in [-0.15, -0.1) is 11.3 Å². The standard InChI is InChI=1S/C12H13N5S/c1-12(2,11-15-3-4-18-11)17-10-9(14)5-8(6-13)7-16-10/h3-5,7H,14H2,1-2H3,(H,16,17). The highest BCUT2D eigenvalue weighted by atomic mass is 32.1. The monoisotopic (exact) mass is 259 g/mol. The number of nitrogens with one attached hydrogen (secondary N) is 1. The molecule has 0 saturated heterocycles. The molecule has 0 radical (unpaired) electrons. The summed E-state index contributed by atoms with van der Waals surface area (Å²) in [6, 6.07) is 3.61. The highest BCUT2D eigenvalue weighted by Gasteiger charge is 2.24. The second kappa shape index (κ2) is 4.63. The Balaban J connectivity index is 2.27. The van der Waals surface area contributed by atoms with Crippen molar-refractivity contribution in [1.82, 2.24) is 9.97 Å². The van der Waals surface area contributed by atoms with E-state index in [0.29, 0.717) is 17.1 Å². The third kappa shape index (κ3) is 2.41. The van der Waals surface area contributed by atoms with E-state index in [0.717, 1.165) is 5.01 Å². The third-order valence-electron chi connectivity index (χ3n) is 2.44. The zero-order chi connectivity index (χ0) is 13.2. The molecule has 0 aliphatic carbocycles. The molecule has 0 saturated carbocycles. The number of pyridine rings is 1. The number of rotatable bonds is 3. The number of hydrogen-bond donors (Lipinski definition) is 2. The predicted molar refractivity (Wildman–Crippen MR) is 72.1 cm³/mol. The summed E-state index contributed by atoms with van der Waals surface area (Å²) in [5.41, 5.74) is 6.41. The summed E-state index contributed by atoms with van der Waals surface area (Å²) in [7, 11) is 0. The first-order valence-electron chi connectivity index (χ1n) is 5.37. The molecule has 0 amide bonds. The van der Waals surface area contributed by atoms with Gasteiger partial charge in [-0.1, -0.05) is 0 Å². The summed E-state index contributed by atoms with van der Waals surface area (Å²) in [5.74, 6) is 0.564. The number of nitriles is 1. The Kier molecular flexibility index (Phi) is 3.17. The molecule has 2 aromatic rings. The van der Waals surface area contributed by atoms with Gasteiger partial charge in [-0.3, -0.25) is 0 Å². The van der Waals surface area contributed by atoms with E-state index in [1.165, 1.54) is 6.20 Å². The first-order valence-corrected chi connectivity index (χ1v) is 6.24. The quantitative estimate of drug-likeness (QED) is 0.883. The number of anilines is 2. The van der Waals surface area contributed by atoms with Crippen LogP contribution < -0.4 is 11.1 Å². The summed E-state index contributed by atoms with van der Waals surface area (Å²) < 4.78 is 0. The van der Waals surface area contributed by atoms with Crippen LogP contribution in [0.3, 0.4) is 0 Å². The Labute approximate surface area is 109 Å². The number of nitrogen functional groups attached to an aromatic ring is 1. The van der Waals surface area contributed by atoms with Crippen molar-refractivity contribution in [3.63, 3.8) is 0 Å². The molecule has 5 nitrogen and oxygen atoms in total. The minimum Gasteiger partial charge on any atom is -0.396 e. The molecular weight excluding hydrogens is 246 g/mol. The maximum atomic E-state index is 8.76. The van der Waals surface area contributed by atoms with E-state index in [9.17, 15) is 0 Å². The Bertz CT molecular complexity index is 583. The highest BCUT2D eigenvalue weighted by molar-refractivity contribution is 7.09. The van der Waals surface area contributed by atoms with Crippen molar-refractivity contribution in [2.45, 2.75) is 19.4 Å². The van der Waals surface area contributed by atoms with E-state index < -0.39 is 0 Å². The van der Waals surface area contributed by atoms with Gasteiger partial charge in [0.05, 0.1) is 16.8 Å². The summed E-state index contributed by atoms with van der Waals surface area (Å²) in [6.07, 6.45) is 3.26. The van der Waals surface area contributed by atoms with Gasteiger partial charge < -0.3 is 11.1 Å². The zero-order valence-corrected chi connectivity index (χ0v) is 11.0. The van der Waals surface area contributed by atoms with Crippen LogP contribution in [0.2, 0.25) is 0 Å². The minimum atomic E-state index is -0.358. The molecule has 2 aromatic heterocycles. The van der Waals surface area contributed by atoms with Gasteiger partial charge >= 0.3 is 0 Å². The summed E-state index contributed by atoms with van der Waals surface area (Å²) in [4.78, 5) is 8.44. The molecule has 2 heterocycles. The van der Waals surface area contributed by atoms with Crippen LogP contribution in [0.15, 0.2) is 23.8 Å². The zero-order valence-electron chi connectivity index (χ0n) is 10.1. The van der Waals surface area contributed by atoms with E-state index >= 15 is 0 Å². The molecule has 0 aromatic carbocycles. The van der Waals surface area contributed by atoms with Gasteiger partial charge in [0.25, 0.3) is 0 Å². The lowest BCUT2D eigenvalue weighted by Crippen LogP contribution is -2.28. The van der Waals surface area contributed by atoms with Crippen molar-refractivity contribution < 1.29 is 0 Å². The minimum absolute atomic E-state index is 0.358. The van der Waals surface area contributed by atoms with Crippen LogP contribution in [0.25, 0.3) is 0 Å². The van der Waals surface area contributed by atoms with Crippen molar-refractivity contribution in [3.05, 3.63) is 34.4 Å². The highest BCUT2D eigenvalue weighted by Crippen LogP contribution is 2.28. The van der Waals surface area contributed by atoms with Gasteiger partial charge in [-0.25, -0.2) is 9.97 Å². The maximum Gasteiger partial charge on any atom is 0.150 e. The lowest BCUT2D eigenvalue weighted by molar-refractivity contribution is 0.601. The number of aromatic nitrogens is 2. The lowest BCUT2D eigenvalue weighted by atomic mass is 10.1.